The number of anilines is 3. The zero-order chi connectivity index (χ0) is 18.7. The van der Waals surface area contributed by atoms with Crippen LogP contribution in [0.2, 0.25) is 5.02 Å². The van der Waals surface area contributed by atoms with Crippen LogP contribution in [0.4, 0.5) is 30.6 Å². The van der Waals surface area contributed by atoms with Crippen LogP contribution in [0.1, 0.15) is 38.2 Å². The molecular weight excluding hydrogens is 365 g/mol. The van der Waals surface area contributed by atoms with Gasteiger partial charge in [-0.25, -0.2) is 4.98 Å². The van der Waals surface area contributed by atoms with E-state index in [1.165, 1.54) is 18.6 Å². The molecule has 26 heavy (non-hydrogen) atoms. The van der Waals surface area contributed by atoms with Crippen molar-refractivity contribution >= 4 is 29.1 Å². The molecule has 2 heterocycles. The molecule has 3 rings (SSSR count). The average Bonchev–Trinajstić information content (AvgIpc) is 2.62. The Balaban J connectivity index is 1.83. The van der Waals surface area contributed by atoms with Crippen LogP contribution in [0.25, 0.3) is 0 Å². The number of alkyl halides is 3. The molecule has 0 aliphatic carbocycles. The summed E-state index contributed by atoms with van der Waals surface area (Å²) >= 11 is 5.66. The second-order valence-corrected chi connectivity index (χ2v) is 6.72. The Morgan fingerprint density at radius 1 is 1.27 bits per heavy atom. The molecule has 0 saturated carbocycles. The molecule has 1 aliphatic heterocycles. The van der Waals surface area contributed by atoms with Gasteiger partial charge in [-0.15, -0.1) is 0 Å². The highest BCUT2D eigenvalue weighted by molar-refractivity contribution is 6.31. The summed E-state index contributed by atoms with van der Waals surface area (Å²) in [4.78, 5) is 11.0. The van der Waals surface area contributed by atoms with E-state index in [2.05, 4.69) is 27.1 Å². The third kappa shape index (κ3) is 4.20. The lowest BCUT2D eigenvalue weighted by molar-refractivity contribution is -0.137. The Kier molecular flexibility index (Phi) is 5.55. The molecule has 1 aliphatic rings. The topological polar surface area (TPSA) is 41.1 Å². The Bertz CT molecular complexity index is 766. The van der Waals surface area contributed by atoms with E-state index in [0.717, 1.165) is 31.9 Å². The zero-order valence-corrected chi connectivity index (χ0v) is 15.1. The van der Waals surface area contributed by atoms with Gasteiger partial charge < -0.3 is 10.2 Å². The van der Waals surface area contributed by atoms with Gasteiger partial charge in [-0.2, -0.15) is 18.2 Å². The van der Waals surface area contributed by atoms with E-state index in [0.29, 0.717) is 17.8 Å². The predicted octanol–water partition coefficient (Wildman–Crippen LogP) is 5.66. The summed E-state index contributed by atoms with van der Waals surface area (Å²) in [7, 11) is 0. The van der Waals surface area contributed by atoms with Crippen molar-refractivity contribution in [3.8, 4) is 0 Å². The van der Waals surface area contributed by atoms with Gasteiger partial charge in [-0.05, 0) is 49.9 Å². The van der Waals surface area contributed by atoms with Crippen LogP contribution in [0.3, 0.4) is 0 Å². The summed E-state index contributed by atoms with van der Waals surface area (Å²) in [5.41, 5.74) is -0.599. The smallest absolute Gasteiger partial charge is 0.340 e. The van der Waals surface area contributed by atoms with Gasteiger partial charge in [0.25, 0.3) is 0 Å². The monoisotopic (exact) mass is 384 g/mol. The lowest BCUT2D eigenvalue weighted by Gasteiger charge is -2.35. The molecule has 2 aromatic rings. The summed E-state index contributed by atoms with van der Waals surface area (Å²) in [6.07, 6.45) is 1.50. The fraction of sp³-hybridized carbons (Fsp3) is 0.444. The SMILES string of the molecule is CCC1CCCCN1c1nccc(Nc2ccc(Cl)c(C(F)(F)F)c2)n1. The van der Waals surface area contributed by atoms with Crippen molar-refractivity contribution in [3.63, 3.8) is 0 Å². The molecule has 1 aromatic heterocycles. The number of hydrogen-bond acceptors (Lipinski definition) is 4. The van der Waals surface area contributed by atoms with E-state index in [1.54, 1.807) is 12.3 Å². The van der Waals surface area contributed by atoms with Crippen LogP contribution in [0.5, 0.6) is 0 Å². The van der Waals surface area contributed by atoms with Gasteiger partial charge in [0.05, 0.1) is 10.6 Å². The van der Waals surface area contributed by atoms with Gasteiger partial charge in [-0.3, -0.25) is 0 Å². The number of hydrogen-bond donors (Lipinski definition) is 1. The lowest BCUT2D eigenvalue weighted by atomic mass is 10.0. The van der Waals surface area contributed by atoms with Gasteiger partial charge in [0.1, 0.15) is 5.82 Å². The van der Waals surface area contributed by atoms with E-state index in [-0.39, 0.29) is 10.7 Å². The van der Waals surface area contributed by atoms with Crippen LogP contribution >= 0.6 is 11.6 Å². The number of benzene rings is 1. The normalized spacial score (nSPS) is 18.0. The van der Waals surface area contributed by atoms with Crippen LogP contribution in [-0.4, -0.2) is 22.6 Å². The van der Waals surface area contributed by atoms with Gasteiger partial charge >= 0.3 is 6.18 Å². The molecular formula is C18H20ClF3N4. The third-order valence-corrected chi connectivity index (χ3v) is 4.87. The van der Waals surface area contributed by atoms with Gasteiger partial charge in [0, 0.05) is 24.5 Å². The second-order valence-electron chi connectivity index (χ2n) is 6.31. The van der Waals surface area contributed by atoms with Crippen LogP contribution in [-0.2, 0) is 6.18 Å². The first-order valence-electron chi connectivity index (χ1n) is 8.62. The van der Waals surface area contributed by atoms with Crippen LogP contribution in [0, 0.1) is 0 Å². The van der Waals surface area contributed by atoms with E-state index in [4.69, 9.17) is 11.6 Å². The Labute approximate surface area is 155 Å². The molecule has 1 aromatic carbocycles. The van der Waals surface area contributed by atoms with E-state index in [1.807, 2.05) is 0 Å². The number of piperidine rings is 1. The van der Waals surface area contributed by atoms with Crippen molar-refractivity contribution in [3.05, 3.63) is 41.0 Å². The first kappa shape index (κ1) is 18.8. The first-order valence-corrected chi connectivity index (χ1v) is 8.99. The van der Waals surface area contributed by atoms with Gasteiger partial charge in [0.2, 0.25) is 5.95 Å². The van der Waals surface area contributed by atoms with E-state index < -0.39 is 11.7 Å². The predicted molar refractivity (Wildman–Crippen MR) is 97.0 cm³/mol. The number of rotatable bonds is 4. The second kappa shape index (κ2) is 7.70. The quantitative estimate of drug-likeness (QED) is 0.738. The van der Waals surface area contributed by atoms with Crippen LogP contribution in [0.15, 0.2) is 30.5 Å². The zero-order valence-electron chi connectivity index (χ0n) is 14.4. The molecule has 0 bridgehead atoms. The minimum absolute atomic E-state index is 0.275. The number of aromatic nitrogens is 2. The molecule has 0 spiro atoms. The largest absolute Gasteiger partial charge is 0.417 e. The Morgan fingerprint density at radius 3 is 2.81 bits per heavy atom. The highest BCUT2D eigenvalue weighted by atomic mass is 35.5. The number of nitrogens with one attached hydrogen (secondary N) is 1. The molecule has 1 fully saturated rings. The van der Waals surface area contributed by atoms with Crippen molar-refractivity contribution in [2.24, 2.45) is 0 Å². The standard InChI is InChI=1S/C18H20ClF3N4/c1-2-13-5-3-4-10-26(13)17-23-9-8-16(25-17)24-12-6-7-15(19)14(11-12)18(20,21)22/h6-9,11,13H,2-5,10H2,1H3,(H,23,24,25). The van der Waals surface area contributed by atoms with Crippen molar-refractivity contribution in [2.75, 3.05) is 16.8 Å². The van der Waals surface area contributed by atoms with Crippen molar-refractivity contribution < 1.29 is 13.2 Å². The number of halogens is 4. The Hall–Kier alpha value is -2.02. The maximum absolute atomic E-state index is 13.0. The minimum atomic E-state index is -4.51. The molecule has 1 saturated heterocycles. The van der Waals surface area contributed by atoms with Crippen molar-refractivity contribution in [1.29, 1.82) is 0 Å². The van der Waals surface area contributed by atoms with Crippen molar-refractivity contribution in [2.45, 2.75) is 44.8 Å². The fourth-order valence-electron chi connectivity index (χ4n) is 3.21. The molecule has 0 amide bonds. The Morgan fingerprint density at radius 2 is 2.08 bits per heavy atom. The highest BCUT2D eigenvalue weighted by Crippen LogP contribution is 2.36. The molecule has 4 nitrogen and oxygen atoms in total. The summed E-state index contributed by atoms with van der Waals surface area (Å²) in [6.45, 7) is 3.03. The minimum Gasteiger partial charge on any atom is -0.340 e. The maximum atomic E-state index is 13.0. The molecule has 140 valence electrons. The summed E-state index contributed by atoms with van der Waals surface area (Å²) in [5.74, 6) is 1.05. The third-order valence-electron chi connectivity index (χ3n) is 4.54. The van der Waals surface area contributed by atoms with E-state index in [9.17, 15) is 13.2 Å². The molecule has 1 N–H and O–H groups in total. The summed E-state index contributed by atoms with van der Waals surface area (Å²) in [6, 6.07) is 5.74. The fourth-order valence-corrected chi connectivity index (χ4v) is 3.44. The molecule has 1 unspecified atom stereocenters. The summed E-state index contributed by atoms with van der Waals surface area (Å²) < 4.78 is 39.0. The molecule has 1 atom stereocenters. The van der Waals surface area contributed by atoms with Crippen LogP contribution < -0.4 is 10.2 Å². The maximum Gasteiger partial charge on any atom is 0.417 e. The summed E-state index contributed by atoms with van der Waals surface area (Å²) in [5, 5.41) is 2.59. The molecule has 8 heteroatoms. The van der Waals surface area contributed by atoms with Gasteiger partial charge in [0.15, 0.2) is 0 Å². The number of nitrogens with zero attached hydrogens (tertiary/aromatic N) is 3. The van der Waals surface area contributed by atoms with Crippen molar-refractivity contribution in [1.82, 2.24) is 9.97 Å². The first-order chi connectivity index (χ1) is 12.4. The molecule has 0 radical (unpaired) electrons. The lowest BCUT2D eigenvalue weighted by Crippen LogP contribution is -2.40. The van der Waals surface area contributed by atoms with E-state index >= 15 is 0 Å². The van der Waals surface area contributed by atoms with Gasteiger partial charge in [-0.1, -0.05) is 18.5 Å². The highest BCUT2D eigenvalue weighted by Gasteiger charge is 2.33. The average molecular weight is 385 g/mol.